The second-order valence-corrected chi connectivity index (χ2v) is 54.1. The van der Waals surface area contributed by atoms with Gasteiger partial charge in [0.05, 0.1) is 16.1 Å². The highest BCUT2D eigenvalue weighted by atomic mass is 28.3. The molecule has 0 saturated heterocycles. The highest BCUT2D eigenvalue weighted by molar-refractivity contribution is 6.89. The molecule has 0 unspecified atom stereocenters. The van der Waals surface area contributed by atoms with Crippen LogP contribution in [0.25, 0.3) is 229 Å². The van der Waals surface area contributed by atoms with Crippen LogP contribution in [0.1, 0.15) is 69.4 Å². The maximum atomic E-state index is 2.52. The van der Waals surface area contributed by atoms with Gasteiger partial charge in [0.25, 0.3) is 0 Å². The molecule has 0 nitrogen and oxygen atoms in total. The molecule has 2 heteroatoms. The highest BCUT2D eigenvalue weighted by Crippen LogP contribution is 2.53. The van der Waals surface area contributed by atoms with E-state index >= 15 is 0 Å². The fourth-order valence-electron chi connectivity index (χ4n) is 22.4. The monoisotopic (exact) mass is 1890 g/mol. The normalized spacial score (nSPS) is 12.0. The third-order valence-corrected chi connectivity index (χ3v) is 34.1. The van der Waals surface area contributed by atoms with Crippen molar-refractivity contribution >= 4 is 156 Å². The van der Waals surface area contributed by atoms with Gasteiger partial charge in [-0.05, 0) is 290 Å². The van der Waals surface area contributed by atoms with Crippen molar-refractivity contribution in [3.63, 3.8) is 0 Å². The zero-order valence-corrected chi connectivity index (χ0v) is 88.0. The van der Waals surface area contributed by atoms with Crippen LogP contribution in [0, 0.1) is 20.8 Å². The molecule has 702 valence electrons. The molecule has 0 amide bonds. The highest BCUT2D eigenvalue weighted by Gasteiger charge is 2.29. The van der Waals surface area contributed by atoms with Gasteiger partial charge >= 0.3 is 0 Å². The van der Waals surface area contributed by atoms with Gasteiger partial charge in [0, 0.05) is 0 Å². The van der Waals surface area contributed by atoms with E-state index in [4.69, 9.17) is 0 Å². The van der Waals surface area contributed by atoms with E-state index in [2.05, 4.69) is 569 Å². The Kier molecular flexibility index (Phi) is 24.9. The average molecular weight is 1900 g/mol. The Labute approximate surface area is 856 Å². The molecule has 0 atom stereocenters. The number of rotatable bonds is 11. The van der Waals surface area contributed by atoms with Crippen molar-refractivity contribution in [1.29, 1.82) is 0 Å². The van der Waals surface area contributed by atoms with Crippen LogP contribution in [0.2, 0.25) is 39.3 Å². The number of fused-ring (bicyclic) bond motifs is 12. The lowest BCUT2D eigenvalue weighted by atomic mass is 9.79. The van der Waals surface area contributed by atoms with E-state index in [0.29, 0.717) is 0 Å². The van der Waals surface area contributed by atoms with Gasteiger partial charge < -0.3 is 0 Å². The van der Waals surface area contributed by atoms with Crippen LogP contribution in [-0.2, 0) is 10.8 Å². The first-order valence-electron chi connectivity index (χ1n) is 51.5. The average Bonchev–Trinajstić information content (AvgIpc) is 0.671. The summed E-state index contributed by atoms with van der Waals surface area (Å²) in [6.45, 7) is 35.1. The molecular formula is C143H122Si2. The van der Waals surface area contributed by atoms with Crippen LogP contribution < -0.4 is 10.4 Å². The van der Waals surface area contributed by atoms with Crippen molar-refractivity contribution in [3.05, 3.63) is 495 Å². The second kappa shape index (κ2) is 38.4. The van der Waals surface area contributed by atoms with E-state index in [-0.39, 0.29) is 10.8 Å². The van der Waals surface area contributed by atoms with Crippen LogP contribution in [-0.4, -0.2) is 16.1 Å². The van der Waals surface area contributed by atoms with Crippen molar-refractivity contribution < 1.29 is 0 Å². The molecule has 0 aliphatic carbocycles. The Morgan fingerprint density at radius 2 is 0.379 bits per heavy atom. The van der Waals surface area contributed by atoms with Gasteiger partial charge in [-0.15, -0.1) is 0 Å². The van der Waals surface area contributed by atoms with Crippen LogP contribution >= 0.6 is 0 Å². The summed E-state index contributed by atoms with van der Waals surface area (Å²) >= 11 is 0. The number of hydrogen-bond acceptors (Lipinski definition) is 0. The molecule has 0 heterocycles. The molecule has 25 rings (SSSR count). The molecule has 0 aromatic heterocycles. The van der Waals surface area contributed by atoms with Gasteiger partial charge in [0.2, 0.25) is 0 Å². The van der Waals surface area contributed by atoms with Crippen molar-refractivity contribution in [2.24, 2.45) is 0 Å². The Morgan fingerprint density at radius 3 is 0.745 bits per heavy atom. The minimum absolute atomic E-state index is 0.0577. The molecule has 0 aliphatic heterocycles. The van der Waals surface area contributed by atoms with Crippen molar-refractivity contribution in [1.82, 2.24) is 0 Å². The van der Waals surface area contributed by atoms with E-state index in [1.54, 1.807) is 0 Å². The second-order valence-electron chi connectivity index (χ2n) is 43.9. The standard InChI is InChI=1S/C38H36.C37H26.C36H36Si2.C32H24/c1-37(2,3)27-20-22-32-33(23-27)35(26-14-8-7-9-15-26)31-21-19-28(38(4,5)6)24-34(31)36(32)30-18-12-16-25-13-10-11-17-29(25)30;1-25-15-22-34-35(23-25)36(29-19-16-28(17-20-29)26-9-3-2-4-10-26)32-13-7-8-14-33(32)37(34)31-21-18-27-11-5-6-12-30(27)24-31;1-37(2,3)27-20-22-32-33(23-27)35(26-14-8-7-9-15-26)31-21-19-28(38(4,5)6)24-34(31)36(32)30-18-12-16-25-13-10-11-17-29(25)30;1-21-16-18-28-29(19-21)31(24-10-4-3-5-11-24)27-17-15-22(2)20-30(27)32(28)26-14-8-12-23-9-6-7-13-25(23)26/h7-24H,1-6H3;2-24H,1H3;7-24H,1-6H3;3-20H,1-2H3. The predicted molar refractivity (Wildman–Crippen MR) is 642 cm³/mol. The smallest absolute Gasteiger partial charge is 0.0656 e. The molecule has 0 spiro atoms. The molecule has 25 aromatic carbocycles. The molecule has 0 saturated carbocycles. The molecule has 0 aliphatic rings. The summed E-state index contributed by atoms with van der Waals surface area (Å²) in [5.41, 5.74) is 30.1. The topological polar surface area (TPSA) is 0 Å². The fraction of sp³-hybridized carbons (Fsp3) is 0.119. The third kappa shape index (κ3) is 18.1. The first-order chi connectivity index (χ1) is 70.2. The lowest BCUT2D eigenvalue weighted by molar-refractivity contribution is 0.590. The van der Waals surface area contributed by atoms with Crippen LogP contribution in [0.5, 0.6) is 0 Å². The van der Waals surface area contributed by atoms with E-state index in [9.17, 15) is 0 Å². The van der Waals surface area contributed by atoms with Gasteiger partial charge in [0.1, 0.15) is 0 Å². The molecule has 25 aromatic rings. The van der Waals surface area contributed by atoms with Crippen LogP contribution in [0.3, 0.4) is 0 Å². The quantitative estimate of drug-likeness (QED) is 0.0894. The van der Waals surface area contributed by atoms with Crippen LogP contribution in [0.4, 0.5) is 0 Å². The lowest BCUT2D eigenvalue weighted by Crippen LogP contribution is -2.37. The fourth-order valence-corrected chi connectivity index (χ4v) is 24.8. The van der Waals surface area contributed by atoms with Gasteiger partial charge in [-0.3, -0.25) is 0 Å². The Bertz CT molecular complexity index is 9040. The summed E-state index contributed by atoms with van der Waals surface area (Å²) in [7, 11) is -3.03. The minimum Gasteiger partial charge on any atom is -0.0656 e. The number of aryl methyl sites for hydroxylation is 3. The SMILES string of the molecule is CC(C)(C)c1ccc2c(-c3cccc4ccccc34)c3cc(C(C)(C)C)ccc3c(-c3ccccc3)c2c1.C[Si](C)(C)c1ccc2c(-c3cccc4ccccc34)c3cc([Si](C)(C)C)ccc3c(-c3ccccc3)c2c1.Cc1ccc2c(-c3ccc4ccccc4c3)c3ccccc3c(-c3ccc(-c4ccccc4)cc3)c2c1.Cc1ccc2c(-c3cccc4ccccc34)c3cc(C)ccc3c(-c3ccccc3)c2c1. The predicted octanol–water partition coefficient (Wildman–Crippen LogP) is 40.2. The maximum Gasteiger partial charge on any atom is 0.0776 e. The lowest BCUT2D eigenvalue weighted by Gasteiger charge is -2.25. The molecule has 0 radical (unpaired) electrons. The summed E-state index contributed by atoms with van der Waals surface area (Å²) in [6, 6.07) is 173. The number of benzene rings is 25. The first-order valence-corrected chi connectivity index (χ1v) is 58.5. The van der Waals surface area contributed by atoms with Gasteiger partial charge in [-0.1, -0.05) is 557 Å². The third-order valence-electron chi connectivity index (χ3n) is 30.0. The van der Waals surface area contributed by atoms with E-state index in [1.807, 2.05) is 0 Å². The van der Waals surface area contributed by atoms with Crippen molar-refractivity contribution in [2.75, 3.05) is 0 Å². The molecule has 0 bridgehead atoms. The van der Waals surface area contributed by atoms with Crippen LogP contribution in [0.15, 0.2) is 467 Å². The minimum atomic E-state index is -1.52. The molecule has 0 N–H and O–H groups in total. The van der Waals surface area contributed by atoms with E-state index in [1.165, 1.54) is 268 Å². The Balaban J connectivity index is 0.000000110. The summed E-state index contributed by atoms with van der Waals surface area (Å²) in [5, 5.41) is 34.4. The Hall–Kier alpha value is -15.9. The summed E-state index contributed by atoms with van der Waals surface area (Å²) < 4.78 is 0. The van der Waals surface area contributed by atoms with Gasteiger partial charge in [0.15, 0.2) is 0 Å². The zero-order valence-electron chi connectivity index (χ0n) is 86.0. The maximum absolute atomic E-state index is 2.52. The summed E-state index contributed by atoms with van der Waals surface area (Å²) in [6.07, 6.45) is 0. The van der Waals surface area contributed by atoms with Crippen molar-refractivity contribution in [3.8, 4) is 100 Å². The molecule has 0 fully saturated rings. The van der Waals surface area contributed by atoms with Gasteiger partial charge in [-0.25, -0.2) is 0 Å². The van der Waals surface area contributed by atoms with Crippen molar-refractivity contribution in [2.45, 2.75) is 112 Å². The largest absolute Gasteiger partial charge is 0.0776 e. The summed E-state index contributed by atoms with van der Waals surface area (Å²) in [5.74, 6) is 0. The van der Waals surface area contributed by atoms with Gasteiger partial charge in [-0.2, -0.15) is 0 Å². The summed E-state index contributed by atoms with van der Waals surface area (Å²) in [4.78, 5) is 0. The zero-order chi connectivity index (χ0) is 99.7. The van der Waals surface area contributed by atoms with E-state index in [0.717, 1.165) is 0 Å². The molecule has 145 heavy (non-hydrogen) atoms. The number of hydrogen-bond donors (Lipinski definition) is 0. The van der Waals surface area contributed by atoms with E-state index < -0.39 is 16.1 Å². The molecular weight excluding hydrogens is 1770 g/mol. The Morgan fingerprint density at radius 1 is 0.145 bits per heavy atom. The first kappa shape index (κ1) is 94.0.